The third-order valence-electron chi connectivity index (χ3n) is 2.85. The number of hydrogen-bond acceptors (Lipinski definition) is 2. The fourth-order valence-corrected chi connectivity index (χ4v) is 1.87. The highest BCUT2D eigenvalue weighted by Crippen LogP contribution is 2.39. The van der Waals surface area contributed by atoms with E-state index in [1.807, 2.05) is 12.1 Å². The Balaban J connectivity index is 1.97. The second-order valence-electron chi connectivity index (χ2n) is 4.05. The molecule has 2 heterocycles. The lowest BCUT2D eigenvalue weighted by Gasteiger charge is -2.16. The van der Waals surface area contributed by atoms with Gasteiger partial charge in [-0.15, -0.1) is 0 Å². The zero-order valence-electron chi connectivity index (χ0n) is 7.92. The third-order valence-corrected chi connectivity index (χ3v) is 2.85. The second-order valence-corrected chi connectivity index (χ2v) is 4.05. The number of aryl methyl sites for hydroxylation is 1. The van der Waals surface area contributed by atoms with Crippen LogP contribution in [0.4, 0.5) is 5.69 Å². The van der Waals surface area contributed by atoms with Crippen molar-refractivity contribution in [2.45, 2.75) is 31.6 Å². The summed E-state index contributed by atoms with van der Waals surface area (Å²) in [4.78, 5) is 15.7. The monoisotopic (exact) mass is 188 g/mol. The number of nitrogens with zero attached hydrogens (tertiary/aromatic N) is 1. The number of hydrogen-bond donors (Lipinski definition) is 1. The van der Waals surface area contributed by atoms with Crippen LogP contribution in [0.5, 0.6) is 0 Å². The Hall–Kier alpha value is -1.38. The van der Waals surface area contributed by atoms with E-state index in [4.69, 9.17) is 0 Å². The van der Waals surface area contributed by atoms with Crippen molar-refractivity contribution in [1.29, 1.82) is 0 Å². The summed E-state index contributed by atoms with van der Waals surface area (Å²) in [6.07, 6.45) is 3.92. The first kappa shape index (κ1) is 7.97. The number of rotatable bonds is 1. The quantitative estimate of drug-likeness (QED) is 0.730. The van der Waals surface area contributed by atoms with Gasteiger partial charge in [0.2, 0.25) is 5.91 Å². The number of fused-ring (bicyclic) bond motifs is 1. The summed E-state index contributed by atoms with van der Waals surface area (Å²) in [5, 5.41) is 2.84. The maximum absolute atomic E-state index is 11.1. The molecule has 0 bridgehead atoms. The van der Waals surface area contributed by atoms with Crippen LogP contribution in [0.25, 0.3) is 0 Å². The zero-order chi connectivity index (χ0) is 9.54. The molecule has 3 heteroatoms. The maximum Gasteiger partial charge on any atom is 0.224 e. The molecule has 0 spiro atoms. The zero-order valence-corrected chi connectivity index (χ0v) is 7.92. The van der Waals surface area contributed by atoms with Crippen LogP contribution in [0.3, 0.4) is 0 Å². The van der Waals surface area contributed by atoms with Gasteiger partial charge in [-0.3, -0.25) is 9.78 Å². The predicted octanol–water partition coefficient (Wildman–Crippen LogP) is 1.84. The molecule has 1 fully saturated rings. The van der Waals surface area contributed by atoms with Crippen LogP contribution in [0.1, 0.15) is 36.6 Å². The molecular weight excluding hydrogens is 176 g/mol. The Kier molecular flexibility index (Phi) is 1.60. The summed E-state index contributed by atoms with van der Waals surface area (Å²) in [7, 11) is 0. The highest BCUT2D eigenvalue weighted by molar-refractivity contribution is 5.93. The first-order chi connectivity index (χ1) is 6.83. The number of aromatic nitrogens is 1. The number of carbonyl (C=O) groups excluding carboxylic acids is 1. The number of amides is 1. The van der Waals surface area contributed by atoms with Crippen LogP contribution in [-0.4, -0.2) is 10.9 Å². The van der Waals surface area contributed by atoms with Gasteiger partial charge in [0.15, 0.2) is 0 Å². The Morgan fingerprint density at radius 3 is 2.93 bits per heavy atom. The number of pyridine rings is 1. The van der Waals surface area contributed by atoms with Crippen LogP contribution in [-0.2, 0) is 11.2 Å². The molecule has 3 nitrogen and oxygen atoms in total. The molecule has 14 heavy (non-hydrogen) atoms. The van der Waals surface area contributed by atoms with Gasteiger partial charge < -0.3 is 5.32 Å². The first-order valence-electron chi connectivity index (χ1n) is 5.12. The first-order valence-corrected chi connectivity index (χ1v) is 5.12. The summed E-state index contributed by atoms with van der Waals surface area (Å²) < 4.78 is 0. The Bertz CT molecular complexity index is 396. The van der Waals surface area contributed by atoms with E-state index in [0.29, 0.717) is 12.3 Å². The van der Waals surface area contributed by atoms with Crippen molar-refractivity contribution < 1.29 is 4.79 Å². The fourth-order valence-electron chi connectivity index (χ4n) is 1.87. The third kappa shape index (κ3) is 1.29. The van der Waals surface area contributed by atoms with E-state index in [1.54, 1.807) is 0 Å². The largest absolute Gasteiger partial charge is 0.324 e. The highest BCUT2D eigenvalue weighted by atomic mass is 16.1. The Morgan fingerprint density at radius 1 is 1.29 bits per heavy atom. The van der Waals surface area contributed by atoms with Gasteiger partial charge in [0.05, 0.1) is 11.4 Å². The molecule has 0 aromatic carbocycles. The van der Waals surface area contributed by atoms with Gasteiger partial charge in [0.25, 0.3) is 0 Å². The average molecular weight is 188 g/mol. The van der Waals surface area contributed by atoms with Crippen LogP contribution in [0, 0.1) is 0 Å². The molecule has 1 amide bonds. The molecule has 0 radical (unpaired) electrons. The van der Waals surface area contributed by atoms with E-state index in [-0.39, 0.29) is 5.91 Å². The van der Waals surface area contributed by atoms with Gasteiger partial charge in [-0.2, -0.15) is 0 Å². The van der Waals surface area contributed by atoms with E-state index in [0.717, 1.165) is 17.8 Å². The molecule has 0 atom stereocenters. The van der Waals surface area contributed by atoms with E-state index in [1.165, 1.54) is 18.5 Å². The number of anilines is 1. The predicted molar refractivity (Wildman–Crippen MR) is 53.2 cm³/mol. The standard InChI is InChI=1S/C11H12N2O/c14-11-6-5-9-10(13-11)4-3-8(12-9)7-1-2-7/h3-4,7H,1-2,5-6H2,(H,13,14). The highest BCUT2D eigenvalue weighted by Gasteiger charge is 2.26. The molecular formula is C11H12N2O. The minimum atomic E-state index is 0.110. The molecule has 1 aromatic rings. The molecule has 2 aliphatic rings. The smallest absolute Gasteiger partial charge is 0.224 e. The van der Waals surface area contributed by atoms with Crippen molar-refractivity contribution in [3.63, 3.8) is 0 Å². The molecule has 1 aliphatic carbocycles. The number of carbonyl (C=O) groups is 1. The molecule has 0 unspecified atom stereocenters. The van der Waals surface area contributed by atoms with Gasteiger partial charge >= 0.3 is 0 Å². The summed E-state index contributed by atoms with van der Waals surface area (Å²) in [5.74, 6) is 0.802. The fraction of sp³-hybridized carbons (Fsp3) is 0.455. The van der Waals surface area contributed by atoms with Gasteiger partial charge in [-0.25, -0.2) is 0 Å². The molecule has 1 saturated carbocycles. The van der Waals surface area contributed by atoms with E-state index >= 15 is 0 Å². The topological polar surface area (TPSA) is 42.0 Å². The summed E-state index contributed by atoms with van der Waals surface area (Å²) >= 11 is 0. The number of nitrogens with one attached hydrogen (secondary N) is 1. The molecule has 1 aliphatic heterocycles. The molecule has 0 saturated heterocycles. The summed E-state index contributed by atoms with van der Waals surface area (Å²) in [5.41, 5.74) is 3.18. The van der Waals surface area contributed by atoms with Crippen LogP contribution < -0.4 is 5.32 Å². The second kappa shape index (κ2) is 2.80. The summed E-state index contributed by atoms with van der Waals surface area (Å²) in [6, 6.07) is 4.04. The van der Waals surface area contributed by atoms with E-state index in [9.17, 15) is 4.79 Å². The van der Waals surface area contributed by atoms with Crippen LogP contribution in [0.2, 0.25) is 0 Å². The van der Waals surface area contributed by atoms with Gasteiger partial charge in [-0.1, -0.05) is 0 Å². The summed E-state index contributed by atoms with van der Waals surface area (Å²) in [6.45, 7) is 0. The van der Waals surface area contributed by atoms with Crippen molar-refractivity contribution in [3.8, 4) is 0 Å². The minimum absolute atomic E-state index is 0.110. The van der Waals surface area contributed by atoms with Crippen molar-refractivity contribution >= 4 is 11.6 Å². The molecule has 1 aromatic heterocycles. The molecule has 1 N–H and O–H groups in total. The Morgan fingerprint density at radius 2 is 2.14 bits per heavy atom. The van der Waals surface area contributed by atoms with Crippen molar-refractivity contribution in [3.05, 3.63) is 23.5 Å². The molecule has 72 valence electrons. The lowest BCUT2D eigenvalue weighted by atomic mass is 10.1. The Labute approximate surface area is 82.5 Å². The van der Waals surface area contributed by atoms with Gasteiger partial charge in [-0.05, 0) is 25.0 Å². The van der Waals surface area contributed by atoms with Crippen molar-refractivity contribution in [1.82, 2.24) is 4.98 Å². The van der Waals surface area contributed by atoms with Gasteiger partial charge in [0.1, 0.15) is 0 Å². The lowest BCUT2D eigenvalue weighted by Crippen LogP contribution is -2.20. The van der Waals surface area contributed by atoms with Crippen LogP contribution in [0.15, 0.2) is 12.1 Å². The SMILES string of the molecule is O=C1CCc2nc(C3CC3)ccc2N1. The normalized spacial score (nSPS) is 20.1. The van der Waals surface area contributed by atoms with E-state index in [2.05, 4.69) is 10.3 Å². The van der Waals surface area contributed by atoms with Crippen LogP contribution >= 0.6 is 0 Å². The van der Waals surface area contributed by atoms with Crippen molar-refractivity contribution in [2.75, 3.05) is 5.32 Å². The minimum Gasteiger partial charge on any atom is -0.324 e. The van der Waals surface area contributed by atoms with Crippen molar-refractivity contribution in [2.24, 2.45) is 0 Å². The average Bonchev–Trinajstić information content (AvgIpc) is 3.00. The maximum atomic E-state index is 11.1. The van der Waals surface area contributed by atoms with Gasteiger partial charge in [0, 0.05) is 24.5 Å². The molecule has 3 rings (SSSR count). The van der Waals surface area contributed by atoms with E-state index < -0.39 is 0 Å². The lowest BCUT2D eigenvalue weighted by molar-refractivity contribution is -0.116.